The van der Waals surface area contributed by atoms with Crippen LogP contribution in [0.25, 0.3) is 0 Å². The summed E-state index contributed by atoms with van der Waals surface area (Å²) < 4.78 is 43.3. The van der Waals surface area contributed by atoms with Crippen LogP contribution in [0, 0.1) is 0 Å². The van der Waals surface area contributed by atoms with Gasteiger partial charge >= 0.3 is 6.18 Å². The summed E-state index contributed by atoms with van der Waals surface area (Å²) in [5.74, 6) is 1.52. The van der Waals surface area contributed by atoms with Crippen molar-refractivity contribution in [2.75, 3.05) is 25.5 Å². The van der Waals surface area contributed by atoms with Gasteiger partial charge in [0.25, 0.3) is 0 Å². The maximum absolute atomic E-state index is 12.7. The Bertz CT molecular complexity index is 794. The van der Waals surface area contributed by atoms with Gasteiger partial charge in [0.05, 0.1) is 12.2 Å². The summed E-state index contributed by atoms with van der Waals surface area (Å²) in [6.45, 7) is 5.35. The van der Waals surface area contributed by atoms with Gasteiger partial charge in [-0.25, -0.2) is 9.97 Å². The molecule has 168 valence electrons. The Morgan fingerprint density at radius 1 is 1.20 bits per heavy atom. The van der Waals surface area contributed by atoms with Gasteiger partial charge in [-0.3, -0.25) is 4.99 Å². The van der Waals surface area contributed by atoms with Crippen molar-refractivity contribution in [3.63, 3.8) is 0 Å². The van der Waals surface area contributed by atoms with E-state index in [-0.39, 0.29) is 29.9 Å². The second-order valence-corrected chi connectivity index (χ2v) is 6.27. The molecular weight excluding hydrogens is 514 g/mol. The largest absolute Gasteiger partial charge is 0.433 e. The number of hydrogen-bond donors (Lipinski definition) is 3. The molecular formula is C18H27F3IN7O. The van der Waals surface area contributed by atoms with Gasteiger partial charge in [0.15, 0.2) is 11.7 Å². The van der Waals surface area contributed by atoms with Crippen molar-refractivity contribution in [1.82, 2.24) is 25.8 Å². The van der Waals surface area contributed by atoms with Crippen LogP contribution < -0.4 is 16.0 Å². The lowest BCUT2D eigenvalue weighted by molar-refractivity contribution is -0.141. The average molecular weight is 541 g/mol. The highest BCUT2D eigenvalue weighted by Gasteiger charge is 2.32. The Morgan fingerprint density at radius 3 is 2.57 bits per heavy atom. The molecule has 0 fully saturated rings. The number of nitrogens with zero attached hydrogens (tertiary/aromatic N) is 4. The van der Waals surface area contributed by atoms with Gasteiger partial charge in [0.1, 0.15) is 5.69 Å². The van der Waals surface area contributed by atoms with Crippen molar-refractivity contribution in [2.45, 2.75) is 45.3 Å². The van der Waals surface area contributed by atoms with E-state index in [0.29, 0.717) is 37.3 Å². The minimum atomic E-state index is -4.50. The van der Waals surface area contributed by atoms with Gasteiger partial charge in [-0.05, 0) is 18.9 Å². The molecule has 0 saturated carbocycles. The molecule has 2 aromatic rings. The molecule has 0 aliphatic heterocycles. The van der Waals surface area contributed by atoms with E-state index >= 15 is 0 Å². The average Bonchev–Trinajstić information content (AvgIpc) is 3.17. The summed E-state index contributed by atoms with van der Waals surface area (Å²) in [6, 6.07) is 2.76. The Hall–Kier alpha value is -2.12. The number of rotatable bonds is 9. The number of halogens is 4. The summed E-state index contributed by atoms with van der Waals surface area (Å²) >= 11 is 0. The van der Waals surface area contributed by atoms with Gasteiger partial charge in [0.2, 0.25) is 5.95 Å². The summed E-state index contributed by atoms with van der Waals surface area (Å²) in [4.78, 5) is 11.3. The predicted octanol–water partition coefficient (Wildman–Crippen LogP) is 3.78. The van der Waals surface area contributed by atoms with Crippen LogP contribution in [0.3, 0.4) is 0 Å². The van der Waals surface area contributed by atoms with Gasteiger partial charge in [-0.1, -0.05) is 19.0 Å². The predicted molar refractivity (Wildman–Crippen MR) is 119 cm³/mol. The number of hydrogen-bond acceptors (Lipinski definition) is 6. The van der Waals surface area contributed by atoms with Crippen molar-refractivity contribution in [1.29, 1.82) is 0 Å². The van der Waals surface area contributed by atoms with Gasteiger partial charge in [-0.15, -0.1) is 24.0 Å². The lowest BCUT2D eigenvalue weighted by Gasteiger charge is -2.12. The minimum Gasteiger partial charge on any atom is -0.359 e. The summed E-state index contributed by atoms with van der Waals surface area (Å²) in [5.41, 5.74) is -0.0414. The number of alkyl halides is 3. The molecule has 0 amide bonds. The van der Waals surface area contributed by atoms with Crippen LogP contribution >= 0.6 is 24.0 Å². The Kier molecular flexibility index (Phi) is 10.8. The maximum Gasteiger partial charge on any atom is 0.433 e. The molecule has 0 unspecified atom stereocenters. The number of anilines is 1. The highest BCUT2D eigenvalue weighted by atomic mass is 127. The monoisotopic (exact) mass is 541 g/mol. The van der Waals surface area contributed by atoms with E-state index in [0.717, 1.165) is 30.8 Å². The van der Waals surface area contributed by atoms with Crippen molar-refractivity contribution in [3.8, 4) is 0 Å². The van der Waals surface area contributed by atoms with E-state index in [1.54, 1.807) is 7.05 Å². The first-order chi connectivity index (χ1) is 13.9. The number of aliphatic imine (C=N–C) groups is 1. The zero-order chi connectivity index (χ0) is 21.3. The second-order valence-electron chi connectivity index (χ2n) is 6.27. The first-order valence-electron chi connectivity index (χ1n) is 9.41. The Balaban J connectivity index is 0.00000450. The highest BCUT2D eigenvalue weighted by molar-refractivity contribution is 14.0. The fourth-order valence-corrected chi connectivity index (χ4v) is 2.66. The Morgan fingerprint density at radius 2 is 1.93 bits per heavy atom. The fourth-order valence-electron chi connectivity index (χ4n) is 2.66. The molecule has 0 aromatic carbocycles. The van der Waals surface area contributed by atoms with Crippen LogP contribution in [-0.4, -0.2) is 41.2 Å². The van der Waals surface area contributed by atoms with Crippen molar-refractivity contribution in [3.05, 3.63) is 35.5 Å². The summed E-state index contributed by atoms with van der Waals surface area (Å²) in [5, 5.41) is 13.0. The van der Waals surface area contributed by atoms with Crippen molar-refractivity contribution in [2.24, 2.45) is 4.99 Å². The Labute approximate surface area is 190 Å². The van der Waals surface area contributed by atoms with Crippen LogP contribution in [-0.2, 0) is 12.7 Å². The van der Waals surface area contributed by atoms with E-state index in [1.807, 2.05) is 6.07 Å². The van der Waals surface area contributed by atoms with Gasteiger partial charge < -0.3 is 20.5 Å². The van der Waals surface area contributed by atoms with E-state index < -0.39 is 11.9 Å². The summed E-state index contributed by atoms with van der Waals surface area (Å²) in [7, 11) is 1.62. The fraction of sp³-hybridized carbons (Fsp3) is 0.556. The smallest absolute Gasteiger partial charge is 0.359 e. The topological polar surface area (TPSA) is 100 Å². The standard InChI is InChI=1S/C18H26F3N7O.HI/c1-4-12(5-2)14-10-13(29-28-14)11-26-16(22-3)24-8-9-25-17-23-7-6-15(27-17)18(19,20)21;/h6-7,10,12H,4-5,8-9,11H2,1-3H3,(H2,22,24,26)(H,23,25,27);1H. The zero-order valence-corrected chi connectivity index (χ0v) is 19.4. The maximum atomic E-state index is 12.7. The molecule has 0 radical (unpaired) electrons. The molecule has 2 rings (SSSR count). The molecule has 0 saturated heterocycles. The molecule has 0 spiro atoms. The number of nitrogens with one attached hydrogen (secondary N) is 3. The molecule has 12 heteroatoms. The van der Waals surface area contributed by atoms with E-state index in [4.69, 9.17) is 4.52 Å². The molecule has 2 heterocycles. The summed E-state index contributed by atoms with van der Waals surface area (Å²) in [6.07, 6.45) is -1.43. The van der Waals surface area contributed by atoms with Crippen LogP contribution in [0.15, 0.2) is 27.8 Å². The van der Waals surface area contributed by atoms with Crippen LogP contribution in [0.2, 0.25) is 0 Å². The van der Waals surface area contributed by atoms with Crippen LogP contribution in [0.4, 0.5) is 19.1 Å². The molecule has 3 N–H and O–H groups in total. The molecule has 2 aromatic heterocycles. The molecule has 0 atom stereocenters. The van der Waals surface area contributed by atoms with Gasteiger partial charge in [0, 0.05) is 38.3 Å². The zero-order valence-electron chi connectivity index (χ0n) is 17.1. The van der Waals surface area contributed by atoms with E-state index in [1.165, 1.54) is 0 Å². The SMILES string of the molecule is CCC(CC)c1cc(CNC(=NC)NCCNc2nccc(C(F)(F)F)n2)on1.I. The lowest BCUT2D eigenvalue weighted by Crippen LogP contribution is -2.39. The number of aromatic nitrogens is 3. The second kappa shape index (κ2) is 12.5. The molecule has 8 nitrogen and oxygen atoms in total. The van der Waals surface area contributed by atoms with E-state index in [9.17, 15) is 13.2 Å². The minimum absolute atomic E-state index is 0. The van der Waals surface area contributed by atoms with Crippen molar-refractivity contribution >= 4 is 35.9 Å². The van der Waals surface area contributed by atoms with E-state index in [2.05, 4.69) is 49.9 Å². The molecule has 0 aliphatic rings. The van der Waals surface area contributed by atoms with Crippen LogP contribution in [0.1, 0.15) is 49.8 Å². The highest BCUT2D eigenvalue weighted by Crippen LogP contribution is 2.27. The third-order valence-corrected chi connectivity index (χ3v) is 4.28. The number of guanidine groups is 1. The van der Waals surface area contributed by atoms with Crippen LogP contribution in [0.5, 0.6) is 0 Å². The first kappa shape index (κ1) is 25.9. The quantitative estimate of drug-likeness (QED) is 0.192. The molecule has 0 aliphatic carbocycles. The van der Waals surface area contributed by atoms with Crippen molar-refractivity contribution < 1.29 is 17.7 Å². The van der Waals surface area contributed by atoms with Gasteiger partial charge in [-0.2, -0.15) is 13.2 Å². The first-order valence-corrected chi connectivity index (χ1v) is 9.41. The lowest BCUT2D eigenvalue weighted by atomic mass is 9.99. The molecule has 30 heavy (non-hydrogen) atoms. The third kappa shape index (κ3) is 7.95. The normalized spacial score (nSPS) is 11.9. The third-order valence-electron chi connectivity index (χ3n) is 4.28. The molecule has 0 bridgehead atoms.